The maximum atomic E-state index is 13.8. The summed E-state index contributed by atoms with van der Waals surface area (Å²) in [5.74, 6) is 0.448. The van der Waals surface area contributed by atoms with Gasteiger partial charge in [0.2, 0.25) is 0 Å². The molecular weight excluding hydrogens is 417 g/mol. The van der Waals surface area contributed by atoms with Gasteiger partial charge in [-0.2, -0.15) is 0 Å². The number of ether oxygens (including phenoxy) is 1. The summed E-state index contributed by atoms with van der Waals surface area (Å²) in [4.78, 5) is 21.2. The van der Waals surface area contributed by atoms with Gasteiger partial charge >= 0.3 is 0 Å². The van der Waals surface area contributed by atoms with Crippen molar-refractivity contribution in [3.63, 3.8) is 0 Å². The summed E-state index contributed by atoms with van der Waals surface area (Å²) in [6.45, 7) is 0.560. The van der Waals surface area contributed by atoms with E-state index in [1.165, 1.54) is 17.7 Å². The van der Waals surface area contributed by atoms with Gasteiger partial charge in [0.05, 0.1) is 13.2 Å². The standard InChI is InChI=1S/C27H26FN3O2/c1-30(2)20-6-4-5-18(15-20)27(32)31-14-13-22-23-16-21(33-3)11-12-24(23)29-25(22)26(31)17-7-9-19(28)10-8-17/h4-12,15-16,26,29H,13-14H2,1-3H3/t26-/m1/s1. The number of benzene rings is 3. The number of carbonyl (C=O) groups excluding carboxylic acids is 1. The molecule has 0 bridgehead atoms. The minimum absolute atomic E-state index is 0.0464. The Morgan fingerprint density at radius 3 is 2.61 bits per heavy atom. The number of hydrogen-bond donors (Lipinski definition) is 1. The first-order valence-corrected chi connectivity index (χ1v) is 11.0. The number of rotatable bonds is 4. The zero-order valence-corrected chi connectivity index (χ0v) is 18.9. The molecule has 0 aliphatic carbocycles. The van der Waals surface area contributed by atoms with Crippen LogP contribution in [-0.4, -0.2) is 43.5 Å². The number of aromatic nitrogens is 1. The molecule has 3 aromatic carbocycles. The number of amides is 1. The molecule has 1 N–H and O–H groups in total. The zero-order valence-electron chi connectivity index (χ0n) is 18.9. The molecule has 33 heavy (non-hydrogen) atoms. The van der Waals surface area contributed by atoms with Crippen LogP contribution in [0.1, 0.15) is 33.2 Å². The number of halogens is 1. The van der Waals surface area contributed by atoms with E-state index in [2.05, 4.69) is 4.98 Å². The Hall–Kier alpha value is -3.80. The lowest BCUT2D eigenvalue weighted by atomic mass is 9.91. The van der Waals surface area contributed by atoms with E-state index < -0.39 is 0 Å². The van der Waals surface area contributed by atoms with Crippen molar-refractivity contribution in [2.45, 2.75) is 12.5 Å². The van der Waals surface area contributed by atoms with Crippen LogP contribution in [0.2, 0.25) is 0 Å². The number of aromatic amines is 1. The average Bonchev–Trinajstić information content (AvgIpc) is 3.21. The highest BCUT2D eigenvalue weighted by Gasteiger charge is 2.35. The Kier molecular flexibility index (Phi) is 5.29. The zero-order chi connectivity index (χ0) is 23.1. The molecule has 1 aromatic heterocycles. The van der Waals surface area contributed by atoms with Gasteiger partial charge in [-0.3, -0.25) is 4.79 Å². The van der Waals surface area contributed by atoms with Crippen LogP contribution in [0.3, 0.4) is 0 Å². The van der Waals surface area contributed by atoms with Crippen LogP contribution in [0.15, 0.2) is 66.7 Å². The molecule has 1 amide bonds. The van der Waals surface area contributed by atoms with Gasteiger partial charge in [-0.05, 0) is 66.1 Å². The van der Waals surface area contributed by atoms with Crippen LogP contribution in [0.5, 0.6) is 5.75 Å². The summed E-state index contributed by atoms with van der Waals surface area (Å²) in [6.07, 6.45) is 0.722. The number of nitrogens with one attached hydrogen (secondary N) is 1. The summed E-state index contributed by atoms with van der Waals surface area (Å²) in [5.41, 5.74) is 5.60. The van der Waals surface area contributed by atoms with E-state index in [4.69, 9.17) is 4.74 Å². The predicted molar refractivity (Wildman–Crippen MR) is 129 cm³/mol. The largest absolute Gasteiger partial charge is 0.497 e. The summed E-state index contributed by atoms with van der Waals surface area (Å²) in [6, 6.07) is 19.7. The topological polar surface area (TPSA) is 48.6 Å². The molecule has 1 atom stereocenters. The van der Waals surface area contributed by atoms with Crippen LogP contribution in [0, 0.1) is 5.82 Å². The van der Waals surface area contributed by atoms with Crippen molar-refractivity contribution in [1.82, 2.24) is 9.88 Å². The SMILES string of the molecule is COc1ccc2[nH]c3c(c2c1)CCN(C(=O)c1cccc(N(C)C)c1)[C@@H]3c1ccc(F)cc1. The molecule has 2 heterocycles. The molecule has 0 unspecified atom stereocenters. The van der Waals surface area contributed by atoms with Crippen molar-refractivity contribution in [3.8, 4) is 5.75 Å². The van der Waals surface area contributed by atoms with Gasteiger partial charge in [-0.15, -0.1) is 0 Å². The van der Waals surface area contributed by atoms with Gasteiger partial charge in [0, 0.05) is 48.5 Å². The third kappa shape index (κ3) is 3.71. The Morgan fingerprint density at radius 2 is 1.88 bits per heavy atom. The third-order valence-electron chi connectivity index (χ3n) is 6.39. The van der Waals surface area contributed by atoms with Gasteiger partial charge in [-0.1, -0.05) is 18.2 Å². The molecule has 1 aliphatic rings. The minimum atomic E-state index is -0.344. The van der Waals surface area contributed by atoms with Crippen LogP contribution in [0.4, 0.5) is 10.1 Å². The van der Waals surface area contributed by atoms with Crippen molar-refractivity contribution in [1.29, 1.82) is 0 Å². The lowest BCUT2D eigenvalue weighted by Crippen LogP contribution is -2.40. The smallest absolute Gasteiger partial charge is 0.254 e. The number of methoxy groups -OCH3 is 1. The second kappa shape index (κ2) is 8.28. The summed E-state index contributed by atoms with van der Waals surface area (Å²) in [5, 5.41) is 1.10. The molecule has 6 heteroatoms. The highest BCUT2D eigenvalue weighted by atomic mass is 19.1. The van der Waals surface area contributed by atoms with Gasteiger partial charge in [0.15, 0.2) is 0 Å². The number of H-pyrrole nitrogens is 1. The first kappa shape index (κ1) is 21.1. The number of fused-ring (bicyclic) bond motifs is 3. The molecule has 4 aromatic rings. The Morgan fingerprint density at radius 1 is 1.09 bits per heavy atom. The van der Waals surface area contributed by atoms with E-state index in [-0.39, 0.29) is 17.8 Å². The van der Waals surface area contributed by atoms with E-state index >= 15 is 0 Å². The first-order chi connectivity index (χ1) is 16.0. The summed E-state index contributed by atoms with van der Waals surface area (Å²) < 4.78 is 19.2. The van der Waals surface area contributed by atoms with E-state index in [0.29, 0.717) is 12.1 Å². The summed E-state index contributed by atoms with van der Waals surface area (Å²) in [7, 11) is 5.57. The molecule has 5 nitrogen and oxygen atoms in total. The van der Waals surface area contributed by atoms with E-state index in [0.717, 1.165) is 40.0 Å². The highest BCUT2D eigenvalue weighted by Crippen LogP contribution is 2.40. The lowest BCUT2D eigenvalue weighted by Gasteiger charge is -2.36. The molecule has 5 rings (SSSR count). The number of nitrogens with zero attached hydrogens (tertiary/aromatic N) is 2. The van der Waals surface area contributed by atoms with Crippen molar-refractivity contribution in [3.05, 3.63) is 94.9 Å². The Labute approximate surface area is 192 Å². The summed E-state index contributed by atoms with van der Waals surface area (Å²) >= 11 is 0. The lowest BCUT2D eigenvalue weighted by molar-refractivity contribution is 0.0692. The molecule has 0 radical (unpaired) electrons. The van der Waals surface area contributed by atoms with Gasteiger partial charge in [0.25, 0.3) is 5.91 Å². The number of hydrogen-bond acceptors (Lipinski definition) is 3. The quantitative estimate of drug-likeness (QED) is 0.473. The van der Waals surface area contributed by atoms with Crippen LogP contribution in [0.25, 0.3) is 10.9 Å². The second-order valence-corrected chi connectivity index (χ2v) is 8.58. The average molecular weight is 444 g/mol. The monoisotopic (exact) mass is 443 g/mol. The highest BCUT2D eigenvalue weighted by molar-refractivity contribution is 5.96. The molecular formula is C27H26FN3O2. The normalized spacial score (nSPS) is 15.4. The Bertz CT molecular complexity index is 1330. The fraction of sp³-hybridized carbons (Fsp3) is 0.222. The van der Waals surface area contributed by atoms with Crippen LogP contribution in [-0.2, 0) is 6.42 Å². The van der Waals surface area contributed by atoms with Crippen LogP contribution < -0.4 is 9.64 Å². The number of carbonyl (C=O) groups is 1. The second-order valence-electron chi connectivity index (χ2n) is 8.58. The van der Waals surface area contributed by atoms with Crippen molar-refractivity contribution < 1.29 is 13.9 Å². The fourth-order valence-corrected chi connectivity index (χ4v) is 4.69. The molecule has 0 spiro atoms. The first-order valence-electron chi connectivity index (χ1n) is 11.0. The molecule has 0 saturated heterocycles. The Balaban J connectivity index is 1.64. The number of anilines is 1. The van der Waals surface area contributed by atoms with Crippen LogP contribution >= 0.6 is 0 Å². The molecule has 0 saturated carbocycles. The van der Waals surface area contributed by atoms with E-state index in [9.17, 15) is 9.18 Å². The van der Waals surface area contributed by atoms with E-state index in [1.54, 1.807) is 19.2 Å². The maximum absolute atomic E-state index is 13.8. The van der Waals surface area contributed by atoms with Crippen molar-refractivity contribution >= 4 is 22.5 Å². The fourth-order valence-electron chi connectivity index (χ4n) is 4.69. The van der Waals surface area contributed by atoms with E-state index in [1.807, 2.05) is 66.4 Å². The minimum Gasteiger partial charge on any atom is -0.497 e. The van der Waals surface area contributed by atoms with Gasteiger partial charge in [-0.25, -0.2) is 4.39 Å². The third-order valence-corrected chi connectivity index (χ3v) is 6.39. The van der Waals surface area contributed by atoms with Gasteiger partial charge in [0.1, 0.15) is 11.6 Å². The molecule has 1 aliphatic heterocycles. The molecule has 168 valence electrons. The van der Waals surface area contributed by atoms with Crippen molar-refractivity contribution in [2.75, 3.05) is 32.6 Å². The molecule has 0 fully saturated rings. The predicted octanol–water partition coefficient (Wildman–Crippen LogP) is 5.17. The van der Waals surface area contributed by atoms with Crippen molar-refractivity contribution in [2.24, 2.45) is 0 Å². The van der Waals surface area contributed by atoms with Gasteiger partial charge < -0.3 is 19.5 Å². The maximum Gasteiger partial charge on any atom is 0.254 e.